The van der Waals surface area contributed by atoms with Crippen LogP contribution in [0.1, 0.15) is 29.2 Å². The van der Waals surface area contributed by atoms with E-state index in [0.29, 0.717) is 23.7 Å². The van der Waals surface area contributed by atoms with Crippen molar-refractivity contribution in [1.82, 2.24) is 0 Å². The molecule has 0 unspecified atom stereocenters. The molecule has 3 aromatic rings. The maximum absolute atomic E-state index is 13.9. The molecule has 0 spiro atoms. The van der Waals surface area contributed by atoms with Crippen molar-refractivity contribution in [2.75, 3.05) is 6.61 Å². The van der Waals surface area contributed by atoms with Gasteiger partial charge in [0, 0.05) is 11.8 Å². The number of nitrogens with zero attached hydrogens (tertiary/aromatic N) is 1. The fourth-order valence-electron chi connectivity index (χ4n) is 2.93. The third-order valence-electron chi connectivity index (χ3n) is 4.37. The Balaban J connectivity index is 1.85. The molecule has 5 heteroatoms. The van der Waals surface area contributed by atoms with Gasteiger partial charge in [0.25, 0.3) is 0 Å². The van der Waals surface area contributed by atoms with Crippen LogP contribution in [0.2, 0.25) is 0 Å². The second-order valence-electron chi connectivity index (χ2n) is 6.69. The fraction of sp³-hybridized carbons (Fsp3) is 0.208. The number of hydrogen-bond donors (Lipinski definition) is 0. The molecule has 29 heavy (non-hydrogen) atoms. The Kier molecular flexibility index (Phi) is 7.25. The summed E-state index contributed by atoms with van der Waals surface area (Å²) in [6.45, 7) is 6.68. The topological polar surface area (TPSA) is 30.8 Å². The van der Waals surface area contributed by atoms with Crippen molar-refractivity contribution in [3.8, 4) is 11.5 Å². The van der Waals surface area contributed by atoms with Crippen molar-refractivity contribution in [2.24, 2.45) is 4.99 Å². The maximum Gasteiger partial charge on any atom is 0.175 e. The lowest BCUT2D eigenvalue weighted by molar-refractivity contribution is 0.264. The zero-order chi connectivity index (χ0) is 20.8. The van der Waals surface area contributed by atoms with Crippen molar-refractivity contribution in [2.45, 2.75) is 27.4 Å². The van der Waals surface area contributed by atoms with Gasteiger partial charge in [-0.1, -0.05) is 35.9 Å². The number of aliphatic imine (C=N–C) groups is 1. The number of rotatable bonds is 7. The van der Waals surface area contributed by atoms with Crippen LogP contribution in [-0.4, -0.2) is 12.8 Å². The van der Waals surface area contributed by atoms with Crippen LogP contribution in [0.25, 0.3) is 0 Å². The highest BCUT2D eigenvalue weighted by atomic mass is 127. The quantitative estimate of drug-likeness (QED) is 0.263. The Morgan fingerprint density at radius 3 is 2.55 bits per heavy atom. The first-order valence-corrected chi connectivity index (χ1v) is 10.5. The van der Waals surface area contributed by atoms with Crippen molar-refractivity contribution < 1.29 is 13.9 Å². The van der Waals surface area contributed by atoms with Gasteiger partial charge >= 0.3 is 0 Å². The van der Waals surface area contributed by atoms with Gasteiger partial charge in [-0.05, 0) is 78.8 Å². The summed E-state index contributed by atoms with van der Waals surface area (Å²) in [6, 6.07) is 16.7. The van der Waals surface area contributed by atoms with Crippen LogP contribution < -0.4 is 9.47 Å². The third-order valence-corrected chi connectivity index (χ3v) is 5.17. The second-order valence-corrected chi connectivity index (χ2v) is 7.85. The number of halogens is 2. The zero-order valence-corrected chi connectivity index (χ0v) is 18.9. The number of aryl methyl sites for hydroxylation is 2. The summed E-state index contributed by atoms with van der Waals surface area (Å²) in [5.74, 6) is 0.954. The predicted octanol–water partition coefficient (Wildman–Crippen LogP) is 6.78. The van der Waals surface area contributed by atoms with E-state index < -0.39 is 0 Å². The molecule has 0 atom stereocenters. The van der Waals surface area contributed by atoms with E-state index in [1.807, 2.05) is 31.3 Å². The Morgan fingerprint density at radius 2 is 1.83 bits per heavy atom. The van der Waals surface area contributed by atoms with Crippen molar-refractivity contribution in [3.05, 3.63) is 86.2 Å². The Morgan fingerprint density at radius 1 is 1.03 bits per heavy atom. The van der Waals surface area contributed by atoms with Crippen LogP contribution in [0.3, 0.4) is 0 Å². The summed E-state index contributed by atoms with van der Waals surface area (Å²) in [7, 11) is 0. The van der Waals surface area contributed by atoms with Gasteiger partial charge in [0.1, 0.15) is 12.4 Å². The van der Waals surface area contributed by atoms with E-state index in [9.17, 15) is 4.39 Å². The predicted molar refractivity (Wildman–Crippen MR) is 124 cm³/mol. The monoisotopic (exact) mass is 503 g/mol. The van der Waals surface area contributed by atoms with Crippen LogP contribution in [0.4, 0.5) is 10.1 Å². The van der Waals surface area contributed by atoms with Gasteiger partial charge in [0.2, 0.25) is 0 Å². The number of hydrogen-bond acceptors (Lipinski definition) is 3. The van der Waals surface area contributed by atoms with Crippen molar-refractivity contribution in [1.29, 1.82) is 0 Å². The van der Waals surface area contributed by atoms with E-state index in [1.54, 1.807) is 18.2 Å². The minimum atomic E-state index is -0.280. The van der Waals surface area contributed by atoms with E-state index in [2.05, 4.69) is 53.6 Å². The standard InChI is InChI=1S/C24H23FINO2/c1-4-28-23-13-18(14-27-22-10-9-16(2)11-17(22)3)12-21(26)24(23)29-15-19-7-5-6-8-20(19)25/h5-14H,4,15H2,1-3H3. The Bertz CT molecular complexity index is 1030. The highest BCUT2D eigenvalue weighted by Crippen LogP contribution is 2.35. The summed E-state index contributed by atoms with van der Waals surface area (Å²) < 4.78 is 26.5. The number of benzene rings is 3. The van der Waals surface area contributed by atoms with Gasteiger partial charge in [0.15, 0.2) is 11.5 Å². The molecule has 0 amide bonds. The highest BCUT2D eigenvalue weighted by molar-refractivity contribution is 14.1. The molecule has 3 aromatic carbocycles. The van der Waals surface area contributed by atoms with E-state index in [1.165, 1.54) is 11.6 Å². The summed E-state index contributed by atoms with van der Waals surface area (Å²) >= 11 is 2.21. The number of ether oxygens (including phenoxy) is 2. The lowest BCUT2D eigenvalue weighted by atomic mass is 10.1. The molecule has 3 rings (SSSR count). The van der Waals surface area contributed by atoms with Crippen LogP contribution in [-0.2, 0) is 6.61 Å². The first-order valence-electron chi connectivity index (χ1n) is 9.41. The van der Waals surface area contributed by atoms with Crippen molar-refractivity contribution >= 4 is 34.5 Å². The summed E-state index contributed by atoms with van der Waals surface area (Å²) in [6.07, 6.45) is 1.82. The molecule has 0 radical (unpaired) electrons. The molecule has 0 N–H and O–H groups in total. The Hall–Kier alpha value is -2.41. The lowest BCUT2D eigenvalue weighted by Gasteiger charge is -2.15. The van der Waals surface area contributed by atoms with Gasteiger partial charge in [-0.25, -0.2) is 4.39 Å². The van der Waals surface area contributed by atoms with Crippen molar-refractivity contribution in [3.63, 3.8) is 0 Å². The first kappa shape index (κ1) is 21.3. The molecular weight excluding hydrogens is 480 g/mol. The lowest BCUT2D eigenvalue weighted by Crippen LogP contribution is -2.03. The van der Waals surface area contributed by atoms with E-state index in [4.69, 9.17) is 9.47 Å². The normalized spacial score (nSPS) is 11.1. The minimum absolute atomic E-state index is 0.138. The molecule has 0 saturated heterocycles. The van der Waals surface area contributed by atoms with Gasteiger partial charge in [-0.15, -0.1) is 0 Å². The minimum Gasteiger partial charge on any atom is -0.490 e. The van der Waals surface area contributed by atoms with Crippen LogP contribution >= 0.6 is 22.6 Å². The molecule has 0 aliphatic carbocycles. The van der Waals surface area contributed by atoms with E-state index in [0.717, 1.165) is 20.4 Å². The van der Waals surface area contributed by atoms with E-state index >= 15 is 0 Å². The second kappa shape index (κ2) is 9.87. The third kappa shape index (κ3) is 5.56. The summed E-state index contributed by atoms with van der Waals surface area (Å²) in [4.78, 5) is 4.62. The van der Waals surface area contributed by atoms with Gasteiger partial charge in [0.05, 0.1) is 15.9 Å². The molecule has 0 saturated carbocycles. The molecule has 0 aliphatic rings. The van der Waals surface area contributed by atoms with E-state index in [-0.39, 0.29) is 12.4 Å². The van der Waals surface area contributed by atoms with Gasteiger partial charge in [-0.3, -0.25) is 4.99 Å². The first-order chi connectivity index (χ1) is 14.0. The Labute approximate surface area is 184 Å². The SMILES string of the molecule is CCOc1cc(C=Nc2ccc(C)cc2C)cc(I)c1OCc1ccccc1F. The molecule has 3 nitrogen and oxygen atoms in total. The van der Waals surface area contributed by atoms with Crippen LogP contribution in [0.15, 0.2) is 59.6 Å². The van der Waals surface area contributed by atoms with Gasteiger partial charge < -0.3 is 9.47 Å². The molecule has 150 valence electrons. The molecular formula is C24H23FINO2. The molecule has 0 bridgehead atoms. The summed E-state index contributed by atoms with van der Waals surface area (Å²) in [5, 5.41) is 0. The molecule has 0 aliphatic heterocycles. The zero-order valence-electron chi connectivity index (χ0n) is 16.7. The average molecular weight is 503 g/mol. The maximum atomic E-state index is 13.9. The van der Waals surface area contributed by atoms with Crippen LogP contribution in [0.5, 0.6) is 11.5 Å². The molecule has 0 fully saturated rings. The fourth-order valence-corrected chi connectivity index (χ4v) is 3.71. The smallest absolute Gasteiger partial charge is 0.175 e. The van der Waals surface area contributed by atoms with Gasteiger partial charge in [-0.2, -0.15) is 0 Å². The largest absolute Gasteiger partial charge is 0.490 e. The van der Waals surface area contributed by atoms with Crippen LogP contribution in [0, 0.1) is 23.2 Å². The highest BCUT2D eigenvalue weighted by Gasteiger charge is 2.13. The molecule has 0 heterocycles. The summed E-state index contributed by atoms with van der Waals surface area (Å²) in [5.41, 5.74) is 4.70. The average Bonchev–Trinajstić information content (AvgIpc) is 2.68. The molecule has 0 aromatic heterocycles.